The molecule has 3 rings (SSSR count). The maximum Gasteiger partial charge on any atom is 0.354 e. The van der Waals surface area contributed by atoms with Gasteiger partial charge in [-0.3, -0.25) is 9.59 Å². The number of hydrogen-bond donors (Lipinski definition) is 0. The van der Waals surface area contributed by atoms with Crippen LogP contribution < -0.4 is 0 Å². The third kappa shape index (κ3) is 5.76. The number of rotatable bonds is 10. The van der Waals surface area contributed by atoms with Gasteiger partial charge in [0, 0.05) is 29.9 Å². The average Bonchev–Trinajstić information content (AvgIpc) is 3.15. The molecule has 0 bridgehead atoms. The Balaban J connectivity index is 1.90. The van der Waals surface area contributed by atoms with Crippen LogP contribution in [-0.2, 0) is 11.3 Å². The smallest absolute Gasteiger partial charge is 0.354 e. The molecule has 3 aromatic rings. The highest BCUT2D eigenvalue weighted by molar-refractivity contribution is 6.06. The van der Waals surface area contributed by atoms with Crippen LogP contribution in [0.4, 0.5) is 0 Å². The van der Waals surface area contributed by atoms with Crippen LogP contribution >= 0.6 is 0 Å². The van der Waals surface area contributed by atoms with E-state index < -0.39 is 5.97 Å². The predicted octanol–water partition coefficient (Wildman–Crippen LogP) is 5.95. The first-order chi connectivity index (χ1) is 17.2. The van der Waals surface area contributed by atoms with E-state index in [0.29, 0.717) is 47.1 Å². The largest absolute Gasteiger partial charge is 0.464 e. The minimum Gasteiger partial charge on any atom is -0.464 e. The molecule has 1 aromatic heterocycles. The summed E-state index contributed by atoms with van der Waals surface area (Å²) < 4.78 is 6.76. The quantitative estimate of drug-likeness (QED) is 0.261. The molecule has 0 radical (unpaired) electrons. The van der Waals surface area contributed by atoms with Crippen molar-refractivity contribution in [2.24, 2.45) is 5.92 Å². The third-order valence-corrected chi connectivity index (χ3v) is 6.58. The van der Waals surface area contributed by atoms with Gasteiger partial charge in [0.25, 0.3) is 5.91 Å². The molecular formula is C30H36N2O4. The number of esters is 1. The van der Waals surface area contributed by atoms with E-state index in [2.05, 4.69) is 13.8 Å². The van der Waals surface area contributed by atoms with Crippen LogP contribution in [0.3, 0.4) is 0 Å². The highest BCUT2D eigenvalue weighted by Crippen LogP contribution is 2.25. The molecule has 0 saturated heterocycles. The summed E-state index contributed by atoms with van der Waals surface area (Å²) in [5.41, 5.74) is 4.83. The molecule has 190 valence electrons. The third-order valence-electron chi connectivity index (χ3n) is 6.58. The summed E-state index contributed by atoms with van der Waals surface area (Å²) in [7, 11) is 1.33. The summed E-state index contributed by atoms with van der Waals surface area (Å²) in [4.78, 5) is 41.1. The number of ketones is 1. The number of carbonyl (C=O) groups excluding carboxylic acids is 3. The van der Waals surface area contributed by atoms with Crippen LogP contribution in [0.15, 0.2) is 54.6 Å². The summed E-state index contributed by atoms with van der Waals surface area (Å²) >= 11 is 0. The van der Waals surface area contributed by atoms with Crippen molar-refractivity contribution >= 4 is 17.7 Å². The standard InChI is InChI=1S/C30H36N2O4/c1-7-32-22(5)27(21(4)28(32)30(35)36-6)26(33)19-31(18-17-20(2)3)29(34)25-15-13-24(14-16-25)23-11-9-8-10-12-23/h8-16,20H,7,17-19H2,1-6H3. The van der Waals surface area contributed by atoms with E-state index in [1.807, 2.05) is 68.4 Å². The minimum absolute atomic E-state index is 0.0536. The van der Waals surface area contributed by atoms with Crippen molar-refractivity contribution < 1.29 is 19.1 Å². The molecule has 6 nitrogen and oxygen atoms in total. The monoisotopic (exact) mass is 488 g/mol. The molecule has 0 fully saturated rings. The molecule has 0 spiro atoms. The van der Waals surface area contributed by atoms with E-state index in [9.17, 15) is 14.4 Å². The molecule has 0 N–H and O–H groups in total. The number of carbonyl (C=O) groups is 3. The van der Waals surface area contributed by atoms with Gasteiger partial charge in [0.05, 0.1) is 13.7 Å². The van der Waals surface area contributed by atoms with Crippen molar-refractivity contribution in [3.05, 3.63) is 82.7 Å². The number of methoxy groups -OCH3 is 1. The zero-order chi connectivity index (χ0) is 26.4. The number of amides is 1. The Hall–Kier alpha value is -3.67. The van der Waals surface area contributed by atoms with Crippen molar-refractivity contribution in [3.63, 3.8) is 0 Å². The fraction of sp³-hybridized carbons (Fsp3) is 0.367. The van der Waals surface area contributed by atoms with Gasteiger partial charge in [0.2, 0.25) is 0 Å². The zero-order valence-corrected chi connectivity index (χ0v) is 22.1. The van der Waals surface area contributed by atoms with Gasteiger partial charge in [-0.15, -0.1) is 0 Å². The van der Waals surface area contributed by atoms with Crippen LogP contribution in [0.2, 0.25) is 0 Å². The SMILES string of the molecule is CCn1c(C)c(C(=O)CN(CCC(C)C)C(=O)c2ccc(-c3ccccc3)cc2)c(C)c1C(=O)OC. The summed E-state index contributed by atoms with van der Waals surface area (Å²) in [6.07, 6.45) is 0.780. The molecule has 6 heteroatoms. The van der Waals surface area contributed by atoms with Crippen molar-refractivity contribution in [3.8, 4) is 11.1 Å². The van der Waals surface area contributed by atoms with Crippen LogP contribution in [0, 0.1) is 19.8 Å². The van der Waals surface area contributed by atoms with Crippen molar-refractivity contribution in [1.82, 2.24) is 9.47 Å². The molecule has 0 unspecified atom stereocenters. The fourth-order valence-electron chi connectivity index (χ4n) is 4.60. The molecule has 1 amide bonds. The van der Waals surface area contributed by atoms with E-state index in [1.165, 1.54) is 7.11 Å². The number of benzene rings is 2. The van der Waals surface area contributed by atoms with Crippen LogP contribution in [0.5, 0.6) is 0 Å². The van der Waals surface area contributed by atoms with Crippen molar-refractivity contribution in [2.75, 3.05) is 20.2 Å². The summed E-state index contributed by atoms with van der Waals surface area (Å²) in [5.74, 6) is -0.448. The van der Waals surface area contributed by atoms with Gasteiger partial charge in [-0.1, -0.05) is 56.3 Å². The summed E-state index contributed by atoms with van der Waals surface area (Å²) in [6, 6.07) is 17.5. The van der Waals surface area contributed by atoms with Crippen molar-refractivity contribution in [1.29, 1.82) is 0 Å². The highest BCUT2D eigenvalue weighted by Gasteiger charge is 2.28. The van der Waals surface area contributed by atoms with Gasteiger partial charge in [-0.05, 0) is 61.9 Å². The Kier molecular flexibility index (Phi) is 8.86. The van der Waals surface area contributed by atoms with Crippen LogP contribution in [0.1, 0.15) is 69.7 Å². The highest BCUT2D eigenvalue weighted by atomic mass is 16.5. The van der Waals surface area contributed by atoms with E-state index in [0.717, 1.165) is 17.5 Å². The first-order valence-electron chi connectivity index (χ1n) is 12.4. The molecule has 36 heavy (non-hydrogen) atoms. The Labute approximate surface area is 213 Å². The molecule has 1 heterocycles. The lowest BCUT2D eigenvalue weighted by Gasteiger charge is -2.23. The molecule has 2 aromatic carbocycles. The Morgan fingerprint density at radius 2 is 1.56 bits per heavy atom. The first-order valence-corrected chi connectivity index (χ1v) is 12.4. The predicted molar refractivity (Wildman–Crippen MR) is 142 cm³/mol. The van der Waals surface area contributed by atoms with Crippen LogP contribution in [-0.4, -0.2) is 47.3 Å². The second-order valence-electron chi connectivity index (χ2n) is 9.45. The van der Waals surface area contributed by atoms with E-state index in [1.54, 1.807) is 16.4 Å². The van der Waals surface area contributed by atoms with Gasteiger partial charge in [-0.25, -0.2) is 4.79 Å². The lowest BCUT2D eigenvalue weighted by Crippen LogP contribution is -2.37. The van der Waals surface area contributed by atoms with Gasteiger partial charge in [-0.2, -0.15) is 0 Å². The maximum absolute atomic E-state index is 13.5. The number of ether oxygens (including phenoxy) is 1. The molecule has 0 aliphatic carbocycles. The molecule has 0 aliphatic rings. The number of nitrogens with zero attached hydrogens (tertiary/aromatic N) is 2. The lowest BCUT2D eigenvalue weighted by molar-refractivity contribution is 0.0587. The number of aromatic nitrogens is 1. The lowest BCUT2D eigenvalue weighted by atomic mass is 10.0. The van der Waals surface area contributed by atoms with Gasteiger partial charge >= 0.3 is 5.97 Å². The van der Waals surface area contributed by atoms with E-state index >= 15 is 0 Å². The second kappa shape index (κ2) is 11.8. The number of hydrogen-bond acceptors (Lipinski definition) is 4. The van der Waals surface area contributed by atoms with Gasteiger partial charge in [0.15, 0.2) is 5.78 Å². The topological polar surface area (TPSA) is 68.6 Å². The fourth-order valence-corrected chi connectivity index (χ4v) is 4.60. The molecule has 0 atom stereocenters. The molecular weight excluding hydrogens is 452 g/mol. The zero-order valence-electron chi connectivity index (χ0n) is 22.1. The number of Topliss-reactive ketones (excluding diaryl/α,β-unsaturated/α-hetero) is 1. The summed E-state index contributed by atoms with van der Waals surface area (Å²) in [6.45, 7) is 10.7. The average molecular weight is 489 g/mol. The minimum atomic E-state index is -0.470. The van der Waals surface area contributed by atoms with Crippen LogP contribution in [0.25, 0.3) is 11.1 Å². The molecule has 0 saturated carbocycles. The first kappa shape index (κ1) is 26.9. The van der Waals surface area contributed by atoms with E-state index in [-0.39, 0.29) is 18.2 Å². The maximum atomic E-state index is 13.5. The van der Waals surface area contributed by atoms with Crippen molar-refractivity contribution in [2.45, 2.75) is 47.6 Å². The second-order valence-corrected chi connectivity index (χ2v) is 9.45. The Morgan fingerprint density at radius 3 is 2.11 bits per heavy atom. The van der Waals surface area contributed by atoms with Gasteiger partial charge < -0.3 is 14.2 Å². The normalized spacial score (nSPS) is 11.0. The Bertz CT molecular complexity index is 1220. The summed E-state index contributed by atoms with van der Waals surface area (Å²) in [5, 5.41) is 0. The Morgan fingerprint density at radius 1 is 0.944 bits per heavy atom. The van der Waals surface area contributed by atoms with E-state index in [4.69, 9.17) is 4.74 Å². The molecule has 0 aliphatic heterocycles. The van der Waals surface area contributed by atoms with Gasteiger partial charge in [0.1, 0.15) is 5.69 Å².